The van der Waals surface area contributed by atoms with Gasteiger partial charge in [0.15, 0.2) is 0 Å². The number of alkyl halides is 4. The van der Waals surface area contributed by atoms with Crippen molar-refractivity contribution < 1.29 is 31.6 Å². The Kier molecular flexibility index (Phi) is 5.43. The quantitative estimate of drug-likeness (QED) is 0.464. The summed E-state index contributed by atoms with van der Waals surface area (Å²) in [6, 6.07) is 5.58. The number of rotatable bonds is 6. The number of hydrogen-bond donors (Lipinski definition) is 0. The van der Waals surface area contributed by atoms with E-state index in [1.54, 1.807) is 6.92 Å². The fraction of sp³-hybridized carbons (Fsp3) is 0.294. The van der Waals surface area contributed by atoms with Crippen molar-refractivity contribution in [3.05, 3.63) is 53.7 Å². The van der Waals surface area contributed by atoms with Gasteiger partial charge < -0.3 is 9.26 Å². The van der Waals surface area contributed by atoms with Gasteiger partial charge in [0.05, 0.1) is 24.9 Å². The van der Waals surface area contributed by atoms with Crippen LogP contribution in [0.2, 0.25) is 0 Å². The highest BCUT2D eigenvalue weighted by Crippen LogP contribution is 2.30. The molecule has 0 saturated carbocycles. The zero-order valence-electron chi connectivity index (χ0n) is 14.5. The summed E-state index contributed by atoms with van der Waals surface area (Å²) in [7, 11) is 0. The highest BCUT2D eigenvalue weighted by Gasteiger charge is 2.38. The van der Waals surface area contributed by atoms with Crippen molar-refractivity contribution in [3.63, 3.8) is 0 Å². The zero-order valence-corrected chi connectivity index (χ0v) is 14.5. The SMILES string of the molecule is CCOC(=O)c1cnn(CC(F)c2ccc(-c3noc(C(F)(F)F)n3)cc2)c1. The highest BCUT2D eigenvalue weighted by atomic mass is 19.4. The molecule has 1 aromatic carbocycles. The van der Waals surface area contributed by atoms with Crippen LogP contribution in [-0.2, 0) is 17.5 Å². The first-order valence-electron chi connectivity index (χ1n) is 8.12. The molecule has 7 nitrogen and oxygen atoms in total. The topological polar surface area (TPSA) is 83.0 Å². The third-order valence-electron chi connectivity index (χ3n) is 3.69. The lowest BCUT2D eigenvalue weighted by Crippen LogP contribution is -2.07. The van der Waals surface area contributed by atoms with Crippen molar-refractivity contribution >= 4 is 5.97 Å². The summed E-state index contributed by atoms with van der Waals surface area (Å²) in [6.45, 7) is 1.73. The molecule has 2 heterocycles. The van der Waals surface area contributed by atoms with Gasteiger partial charge in [-0.15, -0.1) is 0 Å². The van der Waals surface area contributed by atoms with Crippen molar-refractivity contribution in [3.8, 4) is 11.4 Å². The molecule has 1 unspecified atom stereocenters. The van der Waals surface area contributed by atoms with Crippen LogP contribution >= 0.6 is 0 Å². The molecule has 11 heteroatoms. The van der Waals surface area contributed by atoms with Crippen molar-refractivity contribution in [1.29, 1.82) is 0 Å². The van der Waals surface area contributed by atoms with Gasteiger partial charge in [-0.25, -0.2) is 9.18 Å². The molecule has 2 aromatic heterocycles. The molecule has 0 N–H and O–H groups in total. The molecule has 0 radical (unpaired) electrons. The summed E-state index contributed by atoms with van der Waals surface area (Å²) in [5.74, 6) is -2.25. The van der Waals surface area contributed by atoms with Gasteiger partial charge in [0.2, 0.25) is 5.82 Å². The van der Waals surface area contributed by atoms with E-state index in [0.717, 1.165) is 0 Å². The maximum Gasteiger partial charge on any atom is 0.471 e. The number of aromatic nitrogens is 4. The number of carbonyl (C=O) groups is 1. The van der Waals surface area contributed by atoms with E-state index in [9.17, 15) is 22.4 Å². The Morgan fingerprint density at radius 3 is 2.61 bits per heavy atom. The number of hydrogen-bond acceptors (Lipinski definition) is 6. The van der Waals surface area contributed by atoms with Gasteiger partial charge in [-0.1, -0.05) is 29.4 Å². The van der Waals surface area contributed by atoms with Crippen molar-refractivity contribution in [2.75, 3.05) is 6.61 Å². The Morgan fingerprint density at radius 1 is 1.29 bits per heavy atom. The van der Waals surface area contributed by atoms with Crippen molar-refractivity contribution in [2.45, 2.75) is 25.8 Å². The molecule has 0 bridgehead atoms. The van der Waals surface area contributed by atoms with Gasteiger partial charge in [0, 0.05) is 11.8 Å². The number of carbonyl (C=O) groups excluding carboxylic acids is 1. The molecular weight excluding hydrogens is 384 g/mol. The van der Waals surface area contributed by atoms with Gasteiger partial charge in [-0.3, -0.25) is 4.68 Å². The van der Waals surface area contributed by atoms with Crippen LogP contribution in [0.15, 0.2) is 41.2 Å². The second-order valence-corrected chi connectivity index (χ2v) is 5.68. The van der Waals surface area contributed by atoms with Crippen molar-refractivity contribution in [2.24, 2.45) is 0 Å². The van der Waals surface area contributed by atoms with Gasteiger partial charge in [0.25, 0.3) is 0 Å². The molecule has 0 aliphatic heterocycles. The molecule has 0 fully saturated rings. The lowest BCUT2D eigenvalue weighted by Gasteiger charge is -2.09. The van der Waals surface area contributed by atoms with Crippen molar-refractivity contribution in [1.82, 2.24) is 19.9 Å². The molecule has 0 aliphatic rings. The summed E-state index contributed by atoms with van der Waals surface area (Å²) < 4.78 is 62.3. The minimum atomic E-state index is -4.73. The van der Waals surface area contributed by atoms with Crippen LogP contribution in [0.3, 0.4) is 0 Å². The summed E-state index contributed by atoms with van der Waals surface area (Å²) in [5, 5.41) is 7.18. The molecule has 3 rings (SSSR count). The lowest BCUT2D eigenvalue weighted by atomic mass is 10.1. The largest absolute Gasteiger partial charge is 0.471 e. The number of benzene rings is 1. The number of ether oxygens (including phenoxy) is 1. The second kappa shape index (κ2) is 7.79. The predicted molar refractivity (Wildman–Crippen MR) is 86.8 cm³/mol. The number of halogens is 4. The second-order valence-electron chi connectivity index (χ2n) is 5.68. The first-order chi connectivity index (χ1) is 13.3. The van der Waals surface area contributed by atoms with E-state index >= 15 is 0 Å². The molecule has 3 aromatic rings. The normalized spacial score (nSPS) is 12.8. The van der Waals surface area contributed by atoms with E-state index in [0.29, 0.717) is 0 Å². The molecule has 0 amide bonds. The Morgan fingerprint density at radius 2 is 2.00 bits per heavy atom. The molecule has 0 saturated heterocycles. The fourth-order valence-electron chi connectivity index (χ4n) is 2.35. The number of esters is 1. The van der Waals surface area contributed by atoms with Crippen LogP contribution < -0.4 is 0 Å². The maximum atomic E-state index is 14.5. The lowest BCUT2D eigenvalue weighted by molar-refractivity contribution is -0.159. The first-order valence-corrected chi connectivity index (χ1v) is 8.12. The molecule has 0 spiro atoms. The van der Waals surface area contributed by atoms with Gasteiger partial charge in [-0.2, -0.15) is 23.3 Å². The summed E-state index contributed by atoms with van der Waals surface area (Å²) in [6.07, 6.45) is -3.54. The monoisotopic (exact) mass is 398 g/mol. The maximum absolute atomic E-state index is 14.5. The van der Waals surface area contributed by atoms with Crippen LogP contribution in [-0.4, -0.2) is 32.5 Å². The van der Waals surface area contributed by atoms with E-state index in [1.807, 2.05) is 0 Å². The minimum Gasteiger partial charge on any atom is -0.462 e. The number of nitrogens with zero attached hydrogens (tertiary/aromatic N) is 4. The summed E-state index contributed by atoms with van der Waals surface area (Å²) in [4.78, 5) is 14.9. The summed E-state index contributed by atoms with van der Waals surface area (Å²) >= 11 is 0. The van der Waals surface area contributed by atoms with Gasteiger partial charge in [0.1, 0.15) is 6.17 Å². The Balaban J connectivity index is 1.68. The third kappa shape index (κ3) is 4.35. The Bertz CT molecular complexity index is 950. The van der Waals surface area contributed by atoms with Crippen LogP contribution in [0, 0.1) is 0 Å². The molecule has 0 aliphatic carbocycles. The van der Waals surface area contributed by atoms with Crippen LogP contribution in [0.5, 0.6) is 0 Å². The highest BCUT2D eigenvalue weighted by molar-refractivity contribution is 5.88. The van der Waals surface area contributed by atoms with Gasteiger partial charge >= 0.3 is 18.0 Å². The average Bonchev–Trinajstić information content (AvgIpc) is 3.31. The standard InChI is InChI=1S/C17H14F4N4O3/c1-2-27-15(26)12-7-22-25(8-12)9-13(18)10-3-5-11(6-4-10)14-23-16(28-24-14)17(19,20)21/h3-8,13H,2,9H2,1H3. The van der Waals surface area contributed by atoms with Crippen LogP contribution in [0.1, 0.15) is 34.9 Å². The third-order valence-corrected chi connectivity index (χ3v) is 3.69. The molecular formula is C17H14F4N4O3. The average molecular weight is 398 g/mol. The Hall–Kier alpha value is -3.24. The molecule has 1 atom stereocenters. The van der Waals surface area contributed by atoms with E-state index in [4.69, 9.17) is 4.74 Å². The predicted octanol–water partition coefficient (Wildman–Crippen LogP) is 3.84. The minimum absolute atomic E-state index is 0.154. The van der Waals surface area contributed by atoms with E-state index in [2.05, 4.69) is 19.8 Å². The van der Waals surface area contributed by atoms with E-state index < -0.39 is 24.2 Å². The van der Waals surface area contributed by atoms with Gasteiger partial charge in [-0.05, 0) is 12.5 Å². The van der Waals surface area contributed by atoms with E-state index in [1.165, 1.54) is 41.3 Å². The molecule has 148 valence electrons. The fourth-order valence-corrected chi connectivity index (χ4v) is 2.35. The van der Waals surface area contributed by atoms with E-state index in [-0.39, 0.29) is 35.7 Å². The van der Waals surface area contributed by atoms with Crippen LogP contribution in [0.4, 0.5) is 17.6 Å². The first kappa shape index (κ1) is 19.5. The summed E-state index contributed by atoms with van der Waals surface area (Å²) in [5.41, 5.74) is 0.734. The molecule has 28 heavy (non-hydrogen) atoms. The van der Waals surface area contributed by atoms with Crippen LogP contribution in [0.25, 0.3) is 11.4 Å². The zero-order chi connectivity index (χ0) is 20.3. The smallest absolute Gasteiger partial charge is 0.462 e. The Labute approximate surface area is 155 Å².